The molecule has 0 aliphatic heterocycles. The third kappa shape index (κ3) is 2.83. The summed E-state index contributed by atoms with van der Waals surface area (Å²) < 4.78 is 31.7. The predicted octanol–water partition coefficient (Wildman–Crippen LogP) is 2.24. The molecule has 1 aromatic carbocycles. The first-order valence-corrected chi connectivity index (χ1v) is 7.54. The lowest BCUT2D eigenvalue weighted by atomic mass is 10.1. The van der Waals surface area contributed by atoms with Gasteiger partial charge in [0.05, 0.1) is 16.7 Å². The first kappa shape index (κ1) is 14.5. The second-order valence-corrected chi connectivity index (χ2v) is 6.41. The van der Waals surface area contributed by atoms with Crippen molar-refractivity contribution in [2.24, 2.45) is 0 Å². The van der Waals surface area contributed by atoms with Crippen molar-refractivity contribution in [2.75, 3.05) is 4.72 Å². The Kier molecular flexibility index (Phi) is 3.82. The van der Waals surface area contributed by atoms with Crippen LogP contribution in [0.2, 0.25) is 0 Å². The van der Waals surface area contributed by atoms with Crippen molar-refractivity contribution in [1.29, 1.82) is 0 Å². The number of rotatable bonds is 4. The van der Waals surface area contributed by atoms with E-state index in [4.69, 9.17) is 5.11 Å². The average Bonchev–Trinajstić information content (AvgIpc) is 2.83. The molecule has 0 fully saturated rings. The van der Waals surface area contributed by atoms with Crippen LogP contribution in [0.25, 0.3) is 0 Å². The topological polar surface area (TPSA) is 110 Å². The van der Waals surface area contributed by atoms with Crippen molar-refractivity contribution >= 4 is 37.6 Å². The van der Waals surface area contributed by atoms with E-state index >= 15 is 0 Å². The second-order valence-electron chi connectivity index (χ2n) is 3.90. The molecule has 1 heterocycles. The van der Waals surface area contributed by atoms with Crippen molar-refractivity contribution in [3.63, 3.8) is 0 Å². The van der Waals surface area contributed by atoms with E-state index in [1.54, 1.807) is 6.92 Å². The Balaban J connectivity index is 2.53. The molecule has 0 aliphatic carbocycles. The summed E-state index contributed by atoms with van der Waals surface area (Å²) in [5.41, 5.74) is 0.424. The standard InChI is InChI=1S/C11H9BrN2O5S/c1-6-9(12)2-7(11(15)16)3-10(6)20(17,18)14-8-4-13-19-5-8/h2-5,14H,1H3,(H,15,16). The van der Waals surface area contributed by atoms with Crippen molar-refractivity contribution in [1.82, 2.24) is 5.16 Å². The van der Waals surface area contributed by atoms with Gasteiger partial charge in [-0.15, -0.1) is 0 Å². The highest BCUT2D eigenvalue weighted by Crippen LogP contribution is 2.27. The summed E-state index contributed by atoms with van der Waals surface area (Å²) in [6.45, 7) is 1.57. The zero-order valence-corrected chi connectivity index (χ0v) is 12.5. The molecule has 0 unspecified atom stereocenters. The molecular formula is C11H9BrN2O5S. The van der Waals surface area contributed by atoms with Gasteiger partial charge in [0.25, 0.3) is 10.0 Å². The SMILES string of the molecule is Cc1c(Br)cc(C(=O)O)cc1S(=O)(=O)Nc1cnoc1. The number of nitrogens with one attached hydrogen (secondary N) is 1. The van der Waals surface area contributed by atoms with E-state index in [1.807, 2.05) is 0 Å². The highest BCUT2D eigenvalue weighted by Gasteiger charge is 2.21. The van der Waals surface area contributed by atoms with Gasteiger partial charge in [0.2, 0.25) is 0 Å². The van der Waals surface area contributed by atoms with Crippen LogP contribution in [0.3, 0.4) is 0 Å². The number of sulfonamides is 1. The van der Waals surface area contributed by atoms with Gasteiger partial charge >= 0.3 is 5.97 Å². The highest BCUT2D eigenvalue weighted by molar-refractivity contribution is 9.10. The van der Waals surface area contributed by atoms with E-state index in [0.717, 1.165) is 12.3 Å². The second kappa shape index (κ2) is 5.25. The molecule has 0 saturated heterocycles. The zero-order chi connectivity index (χ0) is 14.9. The Bertz CT molecular complexity index is 755. The molecule has 7 nitrogen and oxygen atoms in total. The van der Waals surface area contributed by atoms with Crippen LogP contribution < -0.4 is 4.72 Å². The number of halogens is 1. The lowest BCUT2D eigenvalue weighted by Crippen LogP contribution is -2.15. The first-order chi connectivity index (χ1) is 9.31. The molecule has 2 rings (SSSR count). The summed E-state index contributed by atoms with van der Waals surface area (Å²) in [6.07, 6.45) is 2.33. The number of aromatic carboxylic acids is 1. The largest absolute Gasteiger partial charge is 0.478 e. The molecule has 0 saturated carbocycles. The Hall–Kier alpha value is -1.87. The van der Waals surface area contributed by atoms with Gasteiger partial charge in [0.1, 0.15) is 12.0 Å². The van der Waals surface area contributed by atoms with Gasteiger partial charge in [-0.2, -0.15) is 0 Å². The fraction of sp³-hybridized carbons (Fsp3) is 0.0909. The molecule has 0 bridgehead atoms. The minimum atomic E-state index is -3.94. The lowest BCUT2D eigenvalue weighted by Gasteiger charge is -2.11. The molecular weight excluding hydrogens is 352 g/mol. The maximum atomic E-state index is 12.3. The minimum Gasteiger partial charge on any atom is -0.478 e. The molecule has 0 atom stereocenters. The quantitative estimate of drug-likeness (QED) is 0.864. The minimum absolute atomic E-state index is 0.131. The third-order valence-corrected chi connectivity index (χ3v) is 4.85. The van der Waals surface area contributed by atoms with Crippen molar-refractivity contribution in [2.45, 2.75) is 11.8 Å². The predicted molar refractivity (Wildman–Crippen MR) is 73.1 cm³/mol. The molecule has 20 heavy (non-hydrogen) atoms. The Labute approximate surface area is 122 Å². The molecule has 0 radical (unpaired) electrons. The summed E-state index contributed by atoms with van der Waals surface area (Å²) in [7, 11) is -3.94. The molecule has 0 spiro atoms. The number of benzene rings is 1. The average molecular weight is 361 g/mol. The molecule has 9 heteroatoms. The van der Waals surface area contributed by atoms with Gasteiger partial charge in [-0.05, 0) is 24.6 Å². The smallest absolute Gasteiger partial charge is 0.335 e. The monoisotopic (exact) mass is 360 g/mol. The molecule has 2 aromatic rings. The van der Waals surface area contributed by atoms with E-state index < -0.39 is 16.0 Å². The van der Waals surface area contributed by atoms with E-state index in [-0.39, 0.29) is 16.1 Å². The molecule has 1 aromatic heterocycles. The first-order valence-electron chi connectivity index (χ1n) is 5.27. The number of carboxylic acids is 1. The van der Waals surface area contributed by atoms with Crippen LogP contribution in [0, 0.1) is 6.92 Å². The van der Waals surface area contributed by atoms with Gasteiger partial charge in [0.15, 0.2) is 0 Å². The maximum absolute atomic E-state index is 12.3. The van der Waals surface area contributed by atoms with Crippen molar-refractivity contribution in [3.8, 4) is 0 Å². The fourth-order valence-corrected chi connectivity index (χ4v) is 3.43. The molecule has 0 amide bonds. The number of carbonyl (C=O) groups is 1. The van der Waals surface area contributed by atoms with Crippen LogP contribution in [0.1, 0.15) is 15.9 Å². The van der Waals surface area contributed by atoms with Gasteiger partial charge < -0.3 is 9.63 Å². The zero-order valence-electron chi connectivity index (χ0n) is 10.1. The van der Waals surface area contributed by atoms with Crippen LogP contribution >= 0.6 is 15.9 Å². The van der Waals surface area contributed by atoms with Crippen LogP contribution in [0.5, 0.6) is 0 Å². The van der Waals surface area contributed by atoms with Crippen molar-refractivity contribution < 1.29 is 22.8 Å². The number of nitrogens with zero attached hydrogens (tertiary/aromatic N) is 1. The van der Waals surface area contributed by atoms with Gasteiger partial charge in [-0.3, -0.25) is 4.72 Å². The van der Waals surface area contributed by atoms with Crippen LogP contribution in [0.4, 0.5) is 5.69 Å². The third-order valence-electron chi connectivity index (χ3n) is 2.52. The molecule has 2 N–H and O–H groups in total. The Morgan fingerprint density at radius 2 is 2.15 bits per heavy atom. The molecule has 106 valence electrons. The fourth-order valence-electron chi connectivity index (χ4n) is 1.52. The van der Waals surface area contributed by atoms with Crippen LogP contribution in [-0.2, 0) is 10.0 Å². The Morgan fingerprint density at radius 1 is 1.45 bits per heavy atom. The van der Waals surface area contributed by atoms with Gasteiger partial charge in [-0.25, -0.2) is 13.2 Å². The maximum Gasteiger partial charge on any atom is 0.335 e. The Morgan fingerprint density at radius 3 is 2.70 bits per heavy atom. The van der Waals surface area contributed by atoms with E-state index in [1.165, 1.54) is 12.3 Å². The summed E-state index contributed by atoms with van der Waals surface area (Å²) in [5, 5.41) is 12.4. The number of aromatic nitrogens is 1. The molecule has 0 aliphatic rings. The van der Waals surface area contributed by atoms with E-state index in [2.05, 4.69) is 30.3 Å². The van der Waals surface area contributed by atoms with Crippen LogP contribution in [0.15, 0.2) is 38.5 Å². The van der Waals surface area contributed by atoms with Crippen molar-refractivity contribution in [3.05, 3.63) is 40.2 Å². The number of hydrogen-bond donors (Lipinski definition) is 2. The highest BCUT2D eigenvalue weighted by atomic mass is 79.9. The number of anilines is 1. The van der Waals surface area contributed by atoms with Gasteiger partial charge in [-0.1, -0.05) is 21.1 Å². The van der Waals surface area contributed by atoms with E-state index in [9.17, 15) is 13.2 Å². The lowest BCUT2D eigenvalue weighted by molar-refractivity contribution is 0.0696. The van der Waals surface area contributed by atoms with E-state index in [0.29, 0.717) is 10.0 Å². The van der Waals surface area contributed by atoms with Crippen LogP contribution in [-0.4, -0.2) is 24.7 Å². The summed E-state index contributed by atoms with van der Waals surface area (Å²) in [6, 6.07) is 2.44. The normalized spacial score (nSPS) is 11.3. The number of hydrogen-bond acceptors (Lipinski definition) is 5. The van der Waals surface area contributed by atoms with Gasteiger partial charge in [0, 0.05) is 4.47 Å². The summed E-state index contributed by atoms with van der Waals surface area (Å²) in [5.74, 6) is -1.22. The summed E-state index contributed by atoms with van der Waals surface area (Å²) >= 11 is 3.15. The number of carboxylic acid groups (broad SMARTS) is 1. The summed E-state index contributed by atoms with van der Waals surface area (Å²) in [4.78, 5) is 10.9.